The predicted octanol–water partition coefficient (Wildman–Crippen LogP) is 0.791. The highest BCUT2D eigenvalue weighted by Crippen LogP contribution is 2.12. The Morgan fingerprint density at radius 1 is 1.80 bits per heavy atom. The van der Waals surface area contributed by atoms with Gasteiger partial charge in [-0.1, -0.05) is 0 Å². The van der Waals surface area contributed by atoms with Gasteiger partial charge in [0, 0.05) is 30.8 Å². The summed E-state index contributed by atoms with van der Waals surface area (Å²) < 4.78 is 1.75. The Kier molecular flexibility index (Phi) is 3.43. The molecule has 15 heavy (non-hydrogen) atoms. The smallest absolute Gasteiger partial charge is 0.198 e. The van der Waals surface area contributed by atoms with Crippen LogP contribution in [0, 0.1) is 0 Å². The van der Waals surface area contributed by atoms with Crippen molar-refractivity contribution >= 4 is 17.5 Å². The summed E-state index contributed by atoms with van der Waals surface area (Å²) in [5.74, 6) is 2.13. The van der Waals surface area contributed by atoms with Gasteiger partial charge < -0.3 is 5.32 Å². The molecule has 0 bridgehead atoms. The summed E-state index contributed by atoms with van der Waals surface area (Å²) in [6.45, 7) is 3.65. The molecule has 0 spiro atoms. The van der Waals surface area contributed by atoms with Gasteiger partial charge >= 0.3 is 0 Å². The van der Waals surface area contributed by atoms with E-state index in [9.17, 15) is 4.79 Å². The number of carbonyl (C=O) groups is 1. The maximum atomic E-state index is 12.1. The molecule has 1 unspecified atom stereocenters. The molecule has 5 heteroatoms. The number of ketones is 1. The van der Waals surface area contributed by atoms with Crippen LogP contribution in [0.3, 0.4) is 0 Å². The molecule has 1 N–H and O–H groups in total. The van der Waals surface area contributed by atoms with E-state index in [0.717, 1.165) is 30.3 Å². The first-order valence-corrected chi connectivity index (χ1v) is 6.35. The van der Waals surface area contributed by atoms with Crippen LogP contribution in [0.5, 0.6) is 0 Å². The summed E-state index contributed by atoms with van der Waals surface area (Å²) in [5, 5.41) is 7.36. The maximum absolute atomic E-state index is 12.1. The number of carbonyl (C=O) groups excluding carboxylic acids is 1. The fraction of sp³-hybridized carbons (Fsp3) is 0.600. The normalized spacial score (nSPS) is 21.5. The molecule has 0 radical (unpaired) electrons. The average Bonchev–Trinajstić information content (AvgIpc) is 2.77. The zero-order chi connectivity index (χ0) is 10.7. The fourth-order valence-corrected chi connectivity index (χ4v) is 2.64. The highest BCUT2D eigenvalue weighted by atomic mass is 32.2. The second-order valence-corrected chi connectivity index (χ2v) is 4.63. The lowest BCUT2D eigenvalue weighted by molar-refractivity contribution is 0.0942. The van der Waals surface area contributed by atoms with Crippen LogP contribution >= 0.6 is 11.8 Å². The van der Waals surface area contributed by atoms with Crippen LogP contribution in [0.1, 0.15) is 17.4 Å². The Balaban J connectivity index is 2.12. The fourth-order valence-electron chi connectivity index (χ4n) is 1.71. The number of nitrogens with one attached hydrogen (secondary N) is 1. The van der Waals surface area contributed by atoms with Crippen LogP contribution in [0.25, 0.3) is 0 Å². The molecule has 1 saturated heterocycles. The lowest BCUT2D eigenvalue weighted by Crippen LogP contribution is -2.44. The third-order valence-electron chi connectivity index (χ3n) is 2.51. The van der Waals surface area contributed by atoms with Gasteiger partial charge in [-0.05, 0) is 13.0 Å². The molecule has 1 fully saturated rings. The van der Waals surface area contributed by atoms with Crippen LogP contribution in [-0.4, -0.2) is 39.7 Å². The lowest BCUT2D eigenvalue weighted by atomic mass is 10.1. The molecule has 0 aliphatic carbocycles. The Labute approximate surface area is 93.4 Å². The minimum atomic E-state index is -0.0363. The van der Waals surface area contributed by atoms with Crippen molar-refractivity contribution in [1.29, 1.82) is 0 Å². The van der Waals surface area contributed by atoms with E-state index < -0.39 is 0 Å². The van der Waals surface area contributed by atoms with E-state index in [1.807, 2.05) is 18.7 Å². The van der Waals surface area contributed by atoms with Crippen molar-refractivity contribution in [2.45, 2.75) is 19.5 Å². The molecular weight excluding hydrogens is 210 g/mol. The Morgan fingerprint density at radius 2 is 2.67 bits per heavy atom. The number of aryl methyl sites for hydroxylation is 1. The van der Waals surface area contributed by atoms with Gasteiger partial charge in [-0.25, -0.2) is 0 Å². The minimum absolute atomic E-state index is 0.0363. The van der Waals surface area contributed by atoms with Crippen molar-refractivity contribution in [3.05, 3.63) is 18.0 Å². The lowest BCUT2D eigenvalue weighted by Gasteiger charge is -2.21. The molecular formula is C10H15N3OS. The van der Waals surface area contributed by atoms with E-state index in [1.54, 1.807) is 16.9 Å². The monoisotopic (exact) mass is 225 g/mol. The van der Waals surface area contributed by atoms with E-state index in [0.29, 0.717) is 0 Å². The summed E-state index contributed by atoms with van der Waals surface area (Å²) in [4.78, 5) is 12.1. The second-order valence-electron chi connectivity index (χ2n) is 3.48. The van der Waals surface area contributed by atoms with Crippen molar-refractivity contribution < 1.29 is 4.79 Å². The van der Waals surface area contributed by atoms with E-state index >= 15 is 0 Å². The predicted molar refractivity (Wildman–Crippen MR) is 61.3 cm³/mol. The summed E-state index contributed by atoms with van der Waals surface area (Å²) in [7, 11) is 0. The summed E-state index contributed by atoms with van der Waals surface area (Å²) >= 11 is 1.83. The molecule has 0 saturated carbocycles. The van der Waals surface area contributed by atoms with Crippen LogP contribution in [0.2, 0.25) is 0 Å². The molecule has 1 atom stereocenters. The molecule has 1 aliphatic heterocycles. The molecule has 0 amide bonds. The molecule has 1 aromatic rings. The van der Waals surface area contributed by atoms with E-state index in [-0.39, 0.29) is 11.8 Å². The topological polar surface area (TPSA) is 46.9 Å². The number of nitrogens with zero attached hydrogens (tertiary/aromatic N) is 2. The van der Waals surface area contributed by atoms with Crippen molar-refractivity contribution in [3.63, 3.8) is 0 Å². The van der Waals surface area contributed by atoms with Crippen molar-refractivity contribution in [3.8, 4) is 0 Å². The Morgan fingerprint density at radius 3 is 3.33 bits per heavy atom. The zero-order valence-electron chi connectivity index (χ0n) is 8.77. The third kappa shape index (κ3) is 2.23. The molecule has 0 aromatic carbocycles. The van der Waals surface area contributed by atoms with Crippen LogP contribution in [0.15, 0.2) is 12.3 Å². The first-order chi connectivity index (χ1) is 7.33. The summed E-state index contributed by atoms with van der Waals surface area (Å²) in [6.07, 6.45) is 1.69. The molecule has 2 rings (SSSR count). The van der Waals surface area contributed by atoms with Crippen molar-refractivity contribution in [2.75, 3.05) is 18.1 Å². The van der Waals surface area contributed by atoms with Gasteiger partial charge in [-0.15, -0.1) is 0 Å². The van der Waals surface area contributed by atoms with Crippen LogP contribution < -0.4 is 5.32 Å². The molecule has 1 aromatic heterocycles. The SMILES string of the molecule is CCn1nccc1C(=O)C1CSCCN1. The summed E-state index contributed by atoms with van der Waals surface area (Å²) in [5.41, 5.74) is 0.720. The van der Waals surface area contributed by atoms with Gasteiger partial charge in [-0.3, -0.25) is 9.48 Å². The maximum Gasteiger partial charge on any atom is 0.198 e. The number of aromatic nitrogens is 2. The third-order valence-corrected chi connectivity index (χ3v) is 3.57. The van der Waals surface area contributed by atoms with E-state index in [4.69, 9.17) is 0 Å². The highest BCUT2D eigenvalue weighted by Gasteiger charge is 2.24. The Hall–Kier alpha value is -0.810. The average molecular weight is 225 g/mol. The van der Waals surface area contributed by atoms with Crippen molar-refractivity contribution in [1.82, 2.24) is 15.1 Å². The number of rotatable bonds is 3. The minimum Gasteiger partial charge on any atom is -0.306 e. The van der Waals surface area contributed by atoms with Gasteiger partial charge in [0.25, 0.3) is 0 Å². The second kappa shape index (κ2) is 4.81. The standard InChI is InChI=1S/C10H15N3OS/c1-2-13-9(3-4-12-13)10(14)8-7-15-6-5-11-8/h3-4,8,11H,2,5-7H2,1H3. The van der Waals surface area contributed by atoms with Crippen LogP contribution in [0.4, 0.5) is 0 Å². The number of hydrogen-bond acceptors (Lipinski definition) is 4. The zero-order valence-corrected chi connectivity index (χ0v) is 9.59. The van der Waals surface area contributed by atoms with E-state index in [2.05, 4.69) is 10.4 Å². The number of hydrogen-bond donors (Lipinski definition) is 1. The van der Waals surface area contributed by atoms with Crippen molar-refractivity contribution in [2.24, 2.45) is 0 Å². The van der Waals surface area contributed by atoms with Gasteiger partial charge in [0.1, 0.15) is 5.69 Å². The largest absolute Gasteiger partial charge is 0.306 e. The van der Waals surface area contributed by atoms with Gasteiger partial charge in [0.15, 0.2) is 5.78 Å². The Bertz CT molecular complexity index is 344. The summed E-state index contributed by atoms with van der Waals surface area (Å²) in [6, 6.07) is 1.76. The van der Waals surface area contributed by atoms with Gasteiger partial charge in [0.2, 0.25) is 0 Å². The highest BCUT2D eigenvalue weighted by molar-refractivity contribution is 7.99. The quantitative estimate of drug-likeness (QED) is 0.773. The molecule has 4 nitrogen and oxygen atoms in total. The first kappa shape index (κ1) is 10.7. The number of thioether (sulfide) groups is 1. The van der Waals surface area contributed by atoms with Crippen LogP contribution in [-0.2, 0) is 6.54 Å². The van der Waals surface area contributed by atoms with Gasteiger partial charge in [0.05, 0.1) is 6.04 Å². The molecule has 1 aliphatic rings. The molecule has 82 valence electrons. The van der Waals surface area contributed by atoms with Gasteiger partial charge in [-0.2, -0.15) is 16.9 Å². The van der Waals surface area contributed by atoms with E-state index in [1.165, 1.54) is 0 Å². The number of Topliss-reactive ketones (excluding diaryl/α,β-unsaturated/α-hetero) is 1. The first-order valence-electron chi connectivity index (χ1n) is 5.20. The molecule has 2 heterocycles.